The van der Waals surface area contributed by atoms with E-state index in [1.54, 1.807) is 0 Å². The Kier molecular flexibility index (Phi) is 1.98. The molecule has 0 saturated heterocycles. The zero-order valence-electron chi connectivity index (χ0n) is 5.91. The van der Waals surface area contributed by atoms with Crippen LogP contribution in [0, 0.1) is 14.9 Å². The van der Waals surface area contributed by atoms with Crippen molar-refractivity contribution in [2.75, 3.05) is 0 Å². The van der Waals surface area contributed by atoms with E-state index in [1.165, 1.54) is 11.3 Å². The highest BCUT2D eigenvalue weighted by molar-refractivity contribution is 14.1. The highest BCUT2D eigenvalue weighted by atomic mass is 127. The largest absolute Gasteiger partial charge is 0.225 e. The molecule has 0 radical (unpaired) electrons. The maximum absolute atomic E-state index is 8.62. The summed E-state index contributed by atoms with van der Waals surface area (Å²) in [5.74, 6) is 0. The number of hydrogen-bond donors (Lipinski definition) is 0. The van der Waals surface area contributed by atoms with Gasteiger partial charge in [0.2, 0.25) is 0 Å². The van der Waals surface area contributed by atoms with Gasteiger partial charge in [-0.2, -0.15) is 5.26 Å². The third kappa shape index (κ3) is 1.19. The van der Waals surface area contributed by atoms with Gasteiger partial charge in [0.1, 0.15) is 6.07 Å². The Labute approximate surface area is 87.0 Å². The third-order valence-electron chi connectivity index (χ3n) is 1.47. The fourth-order valence-corrected chi connectivity index (χ4v) is 2.55. The SMILES string of the molecule is N#Cc1nc2c(I)cccc2s1. The lowest BCUT2D eigenvalue weighted by Gasteiger charge is -1.88. The van der Waals surface area contributed by atoms with Crippen LogP contribution < -0.4 is 0 Å². The first kappa shape index (κ1) is 7.95. The van der Waals surface area contributed by atoms with Gasteiger partial charge >= 0.3 is 0 Å². The fraction of sp³-hybridized carbons (Fsp3) is 0. The van der Waals surface area contributed by atoms with E-state index >= 15 is 0 Å². The molecule has 58 valence electrons. The first-order valence-electron chi connectivity index (χ1n) is 3.26. The molecule has 0 aliphatic heterocycles. The van der Waals surface area contributed by atoms with Crippen molar-refractivity contribution in [3.8, 4) is 6.07 Å². The van der Waals surface area contributed by atoms with E-state index < -0.39 is 0 Å². The second-order valence-corrected chi connectivity index (χ2v) is 4.41. The van der Waals surface area contributed by atoms with Gasteiger partial charge in [0.25, 0.3) is 0 Å². The molecule has 0 saturated carbocycles. The number of thiazole rings is 1. The Hall–Kier alpha value is -0.670. The fourth-order valence-electron chi connectivity index (χ4n) is 0.963. The van der Waals surface area contributed by atoms with Crippen molar-refractivity contribution in [2.45, 2.75) is 0 Å². The summed E-state index contributed by atoms with van der Waals surface area (Å²) in [6.07, 6.45) is 0. The van der Waals surface area contributed by atoms with Gasteiger partial charge in [-0.3, -0.25) is 0 Å². The Morgan fingerprint density at radius 2 is 2.33 bits per heavy atom. The van der Waals surface area contributed by atoms with Crippen LogP contribution in [0.15, 0.2) is 18.2 Å². The van der Waals surface area contributed by atoms with E-state index in [2.05, 4.69) is 27.6 Å². The number of halogens is 1. The molecule has 2 aromatic rings. The molecule has 0 aliphatic carbocycles. The minimum atomic E-state index is 0.536. The third-order valence-corrected chi connectivity index (χ3v) is 3.26. The average Bonchev–Trinajstić information content (AvgIpc) is 2.49. The van der Waals surface area contributed by atoms with Crippen molar-refractivity contribution >= 4 is 44.1 Å². The van der Waals surface area contributed by atoms with E-state index in [1.807, 2.05) is 24.3 Å². The minimum Gasteiger partial charge on any atom is -0.225 e. The van der Waals surface area contributed by atoms with Gasteiger partial charge in [-0.25, -0.2) is 4.98 Å². The summed E-state index contributed by atoms with van der Waals surface area (Å²) in [7, 11) is 0. The summed E-state index contributed by atoms with van der Waals surface area (Å²) in [4.78, 5) is 4.18. The highest BCUT2D eigenvalue weighted by Crippen LogP contribution is 2.25. The van der Waals surface area contributed by atoms with Crippen molar-refractivity contribution in [1.29, 1.82) is 5.26 Å². The van der Waals surface area contributed by atoms with Gasteiger partial charge in [0, 0.05) is 3.57 Å². The molecule has 1 aromatic carbocycles. The number of nitriles is 1. The molecular weight excluding hydrogens is 283 g/mol. The van der Waals surface area contributed by atoms with Crippen LogP contribution >= 0.6 is 33.9 Å². The number of para-hydroxylation sites is 1. The van der Waals surface area contributed by atoms with E-state index in [-0.39, 0.29) is 0 Å². The lowest BCUT2D eigenvalue weighted by atomic mass is 10.3. The van der Waals surface area contributed by atoms with Gasteiger partial charge in [-0.15, -0.1) is 11.3 Å². The van der Waals surface area contributed by atoms with Crippen molar-refractivity contribution in [1.82, 2.24) is 4.98 Å². The maximum atomic E-state index is 8.62. The van der Waals surface area contributed by atoms with Crippen molar-refractivity contribution in [3.05, 3.63) is 26.8 Å². The van der Waals surface area contributed by atoms with E-state index in [0.717, 1.165) is 13.8 Å². The topological polar surface area (TPSA) is 36.7 Å². The molecule has 0 amide bonds. The number of aromatic nitrogens is 1. The molecule has 0 bridgehead atoms. The van der Waals surface area contributed by atoms with Crippen LogP contribution in [-0.4, -0.2) is 4.98 Å². The molecule has 2 nitrogen and oxygen atoms in total. The molecule has 0 N–H and O–H groups in total. The quantitative estimate of drug-likeness (QED) is 0.698. The number of hydrogen-bond acceptors (Lipinski definition) is 3. The van der Waals surface area contributed by atoms with Crippen LogP contribution in [0.25, 0.3) is 10.2 Å². The Bertz CT molecular complexity index is 469. The average molecular weight is 286 g/mol. The first-order valence-corrected chi connectivity index (χ1v) is 5.16. The van der Waals surface area contributed by atoms with Crippen LogP contribution in [0.3, 0.4) is 0 Å². The van der Waals surface area contributed by atoms with Gasteiger partial charge < -0.3 is 0 Å². The lowest BCUT2D eigenvalue weighted by Crippen LogP contribution is -1.74. The second kappa shape index (κ2) is 2.99. The summed E-state index contributed by atoms with van der Waals surface area (Å²) in [5.41, 5.74) is 0.944. The van der Waals surface area contributed by atoms with Gasteiger partial charge in [0.15, 0.2) is 5.01 Å². The predicted molar refractivity (Wildman–Crippen MR) is 57.1 cm³/mol. The first-order chi connectivity index (χ1) is 5.81. The van der Waals surface area contributed by atoms with Crippen molar-refractivity contribution in [3.63, 3.8) is 0 Å². The lowest BCUT2D eigenvalue weighted by molar-refractivity contribution is 1.39. The van der Waals surface area contributed by atoms with Crippen LogP contribution in [0.2, 0.25) is 0 Å². The molecule has 0 spiro atoms. The molecule has 1 aromatic heterocycles. The molecular formula is C8H3IN2S. The Morgan fingerprint density at radius 1 is 1.50 bits per heavy atom. The highest BCUT2D eigenvalue weighted by Gasteiger charge is 2.04. The zero-order valence-corrected chi connectivity index (χ0v) is 8.89. The number of rotatable bonds is 0. The number of nitrogens with zero attached hydrogens (tertiary/aromatic N) is 2. The second-order valence-electron chi connectivity index (χ2n) is 2.22. The van der Waals surface area contributed by atoms with Crippen LogP contribution in [-0.2, 0) is 0 Å². The van der Waals surface area contributed by atoms with Crippen LogP contribution in [0.1, 0.15) is 5.01 Å². The van der Waals surface area contributed by atoms with E-state index in [0.29, 0.717) is 5.01 Å². The van der Waals surface area contributed by atoms with Gasteiger partial charge in [-0.1, -0.05) is 6.07 Å². The zero-order chi connectivity index (χ0) is 8.55. The van der Waals surface area contributed by atoms with Crippen molar-refractivity contribution < 1.29 is 0 Å². The Balaban J connectivity index is 2.85. The molecule has 4 heteroatoms. The van der Waals surface area contributed by atoms with Gasteiger partial charge in [0.05, 0.1) is 10.2 Å². The summed E-state index contributed by atoms with van der Waals surface area (Å²) in [6.45, 7) is 0. The van der Waals surface area contributed by atoms with E-state index in [9.17, 15) is 0 Å². The molecule has 1 heterocycles. The van der Waals surface area contributed by atoms with Crippen molar-refractivity contribution in [2.24, 2.45) is 0 Å². The normalized spacial score (nSPS) is 10.0. The number of fused-ring (bicyclic) bond motifs is 1. The molecule has 0 atom stereocenters. The maximum Gasteiger partial charge on any atom is 0.195 e. The van der Waals surface area contributed by atoms with Gasteiger partial charge in [-0.05, 0) is 34.7 Å². The minimum absolute atomic E-state index is 0.536. The summed E-state index contributed by atoms with van der Waals surface area (Å²) in [5, 5.41) is 9.16. The summed E-state index contributed by atoms with van der Waals surface area (Å²) >= 11 is 3.66. The van der Waals surface area contributed by atoms with Crippen LogP contribution in [0.4, 0.5) is 0 Å². The van der Waals surface area contributed by atoms with Crippen LogP contribution in [0.5, 0.6) is 0 Å². The standard InChI is InChI=1S/C8H3IN2S/c9-5-2-1-3-6-8(5)11-7(4-10)12-6/h1-3H. The predicted octanol–water partition coefficient (Wildman–Crippen LogP) is 2.77. The summed E-state index contributed by atoms with van der Waals surface area (Å²) < 4.78 is 2.18. The molecule has 0 aliphatic rings. The monoisotopic (exact) mass is 286 g/mol. The smallest absolute Gasteiger partial charge is 0.195 e. The molecule has 0 fully saturated rings. The molecule has 12 heavy (non-hydrogen) atoms. The van der Waals surface area contributed by atoms with E-state index in [4.69, 9.17) is 5.26 Å². The summed E-state index contributed by atoms with van der Waals surface area (Å²) in [6, 6.07) is 8.00. The molecule has 2 rings (SSSR count). The molecule has 0 unspecified atom stereocenters. The Morgan fingerprint density at radius 3 is 3.00 bits per heavy atom. The number of benzene rings is 1.